The summed E-state index contributed by atoms with van der Waals surface area (Å²) in [6.45, 7) is 4.89. The molecule has 0 fully saturated rings. The number of esters is 2. The number of allylic oxidation sites excluding steroid dienone is 2. The summed E-state index contributed by atoms with van der Waals surface area (Å²) in [7, 11) is 0. The van der Waals surface area contributed by atoms with Gasteiger partial charge in [0, 0.05) is 0 Å². The Bertz CT molecular complexity index is 336. The third kappa shape index (κ3) is 16.8. The van der Waals surface area contributed by atoms with Crippen molar-refractivity contribution in [2.45, 2.75) is 78.1 Å². The van der Waals surface area contributed by atoms with Crippen LogP contribution in [0.15, 0.2) is 24.3 Å². The molecule has 0 aromatic rings. The van der Waals surface area contributed by atoms with Crippen LogP contribution in [0, 0.1) is 0 Å². The maximum Gasteiger partial charge on any atom is 0.306 e. The number of carbonyl (C=O) groups is 2. The average molecular weight is 338 g/mol. The van der Waals surface area contributed by atoms with Crippen LogP contribution in [0.5, 0.6) is 0 Å². The van der Waals surface area contributed by atoms with Gasteiger partial charge in [0.15, 0.2) is 0 Å². The molecule has 0 aliphatic rings. The number of unbranched alkanes of at least 4 members (excludes halogenated alkanes) is 6. The molecule has 0 bridgehead atoms. The van der Waals surface area contributed by atoms with E-state index in [0.717, 1.165) is 12.8 Å². The molecular weight excluding hydrogens is 304 g/mol. The van der Waals surface area contributed by atoms with Gasteiger partial charge in [0.1, 0.15) is 13.2 Å². The third-order valence-corrected chi connectivity index (χ3v) is 3.50. The Hall–Kier alpha value is -1.58. The number of rotatable bonds is 15. The fourth-order valence-electron chi connectivity index (χ4n) is 2.03. The number of carbonyl (C=O) groups excluding carboxylic acids is 2. The molecule has 0 rings (SSSR count). The molecule has 0 unspecified atom stereocenters. The van der Waals surface area contributed by atoms with Gasteiger partial charge in [0.25, 0.3) is 0 Å². The van der Waals surface area contributed by atoms with Crippen molar-refractivity contribution in [1.29, 1.82) is 0 Å². The molecule has 0 radical (unpaired) electrons. The van der Waals surface area contributed by atoms with Crippen molar-refractivity contribution < 1.29 is 19.1 Å². The van der Waals surface area contributed by atoms with Gasteiger partial charge in [-0.3, -0.25) is 9.59 Å². The van der Waals surface area contributed by atoms with Gasteiger partial charge < -0.3 is 9.47 Å². The molecule has 0 aromatic carbocycles. The van der Waals surface area contributed by atoms with E-state index < -0.39 is 0 Å². The average Bonchev–Trinajstić information content (AvgIpc) is 2.58. The molecule has 0 spiro atoms. The first-order valence-electron chi connectivity index (χ1n) is 9.31. The number of ether oxygens (including phenoxy) is 2. The van der Waals surface area contributed by atoms with Crippen LogP contribution in [-0.2, 0) is 19.1 Å². The summed E-state index contributed by atoms with van der Waals surface area (Å²) < 4.78 is 10.1. The first-order chi connectivity index (χ1) is 11.7. The molecular formula is C20H34O4. The summed E-state index contributed by atoms with van der Waals surface area (Å²) in [5.74, 6) is -0.722. The molecule has 0 aromatic heterocycles. The van der Waals surface area contributed by atoms with Crippen molar-refractivity contribution in [3.05, 3.63) is 24.3 Å². The van der Waals surface area contributed by atoms with Crippen LogP contribution in [0.2, 0.25) is 0 Å². The second-order valence-corrected chi connectivity index (χ2v) is 5.80. The topological polar surface area (TPSA) is 52.6 Å². The van der Waals surface area contributed by atoms with Crippen LogP contribution in [-0.4, -0.2) is 25.2 Å². The molecule has 0 aliphatic carbocycles. The second kappa shape index (κ2) is 17.8. The van der Waals surface area contributed by atoms with Crippen molar-refractivity contribution in [3.8, 4) is 0 Å². The van der Waals surface area contributed by atoms with Crippen LogP contribution in [0.4, 0.5) is 0 Å². The molecule has 0 N–H and O–H groups in total. The van der Waals surface area contributed by atoms with Crippen LogP contribution in [0.25, 0.3) is 0 Å². The fourth-order valence-corrected chi connectivity index (χ4v) is 2.03. The van der Waals surface area contributed by atoms with Crippen molar-refractivity contribution in [1.82, 2.24) is 0 Å². The first kappa shape index (κ1) is 22.4. The Labute approximate surface area is 147 Å². The Morgan fingerprint density at radius 2 is 1.08 bits per heavy atom. The lowest BCUT2D eigenvalue weighted by atomic mass is 10.2. The quantitative estimate of drug-likeness (QED) is 0.236. The van der Waals surface area contributed by atoms with E-state index in [0.29, 0.717) is 0 Å². The molecule has 24 heavy (non-hydrogen) atoms. The van der Waals surface area contributed by atoms with E-state index in [4.69, 9.17) is 9.47 Å². The Morgan fingerprint density at radius 1 is 0.667 bits per heavy atom. The van der Waals surface area contributed by atoms with Crippen molar-refractivity contribution >= 4 is 11.9 Å². The summed E-state index contributed by atoms with van der Waals surface area (Å²) in [4.78, 5) is 23.0. The van der Waals surface area contributed by atoms with Gasteiger partial charge in [-0.15, -0.1) is 0 Å². The lowest BCUT2D eigenvalue weighted by Gasteiger charge is -2.03. The highest BCUT2D eigenvalue weighted by Crippen LogP contribution is 2.01. The minimum atomic E-state index is -0.361. The summed E-state index contributed by atoms with van der Waals surface area (Å²) in [5.41, 5.74) is 0. The zero-order chi connectivity index (χ0) is 17.9. The van der Waals surface area contributed by atoms with Gasteiger partial charge in [0.2, 0.25) is 0 Å². The Balaban J connectivity index is 3.52. The maximum atomic E-state index is 11.5. The zero-order valence-electron chi connectivity index (χ0n) is 15.4. The highest BCUT2D eigenvalue weighted by molar-refractivity contribution is 5.77. The van der Waals surface area contributed by atoms with Gasteiger partial charge in [-0.05, 0) is 25.7 Å². The molecule has 0 atom stereocenters. The molecule has 138 valence electrons. The SMILES string of the molecule is CCCCCC=CCOC(=O)CCC(=O)OCC=CCCCCC. The molecule has 0 amide bonds. The molecule has 0 saturated heterocycles. The molecule has 4 nitrogen and oxygen atoms in total. The predicted molar refractivity (Wildman–Crippen MR) is 97.7 cm³/mol. The van der Waals surface area contributed by atoms with E-state index in [9.17, 15) is 9.59 Å². The monoisotopic (exact) mass is 338 g/mol. The molecule has 4 heteroatoms. The second-order valence-electron chi connectivity index (χ2n) is 5.80. The van der Waals surface area contributed by atoms with E-state index in [-0.39, 0.29) is 38.0 Å². The lowest BCUT2D eigenvalue weighted by Crippen LogP contribution is -2.10. The Morgan fingerprint density at radius 3 is 1.46 bits per heavy atom. The largest absolute Gasteiger partial charge is 0.461 e. The third-order valence-electron chi connectivity index (χ3n) is 3.50. The minimum absolute atomic E-state index is 0.0721. The number of hydrogen-bond donors (Lipinski definition) is 0. The highest BCUT2D eigenvalue weighted by Gasteiger charge is 2.07. The summed E-state index contributed by atoms with van der Waals surface area (Å²) in [6, 6.07) is 0. The standard InChI is InChI=1S/C20H34O4/c1-3-5-7-9-11-13-17-23-19(21)15-16-20(22)24-18-14-12-10-8-6-4-2/h11-14H,3-10,15-18H2,1-2H3. The van der Waals surface area contributed by atoms with Crippen molar-refractivity contribution in [2.24, 2.45) is 0 Å². The maximum absolute atomic E-state index is 11.5. The predicted octanol–water partition coefficient (Wildman–Crippen LogP) is 5.13. The van der Waals surface area contributed by atoms with E-state index in [1.165, 1.54) is 38.5 Å². The lowest BCUT2D eigenvalue weighted by molar-refractivity contribution is -0.149. The van der Waals surface area contributed by atoms with E-state index >= 15 is 0 Å². The first-order valence-corrected chi connectivity index (χ1v) is 9.31. The number of hydrogen-bond acceptors (Lipinski definition) is 4. The zero-order valence-corrected chi connectivity index (χ0v) is 15.4. The molecule has 0 aliphatic heterocycles. The summed E-state index contributed by atoms with van der Waals surface area (Å²) in [5, 5.41) is 0. The molecule has 0 heterocycles. The smallest absolute Gasteiger partial charge is 0.306 e. The van der Waals surface area contributed by atoms with Crippen LogP contribution < -0.4 is 0 Å². The van der Waals surface area contributed by atoms with Gasteiger partial charge >= 0.3 is 11.9 Å². The van der Waals surface area contributed by atoms with Gasteiger partial charge in [-0.1, -0.05) is 63.8 Å². The van der Waals surface area contributed by atoms with Gasteiger partial charge in [0.05, 0.1) is 12.8 Å². The van der Waals surface area contributed by atoms with Crippen molar-refractivity contribution in [3.63, 3.8) is 0 Å². The minimum Gasteiger partial charge on any atom is -0.461 e. The summed E-state index contributed by atoms with van der Waals surface area (Å²) >= 11 is 0. The van der Waals surface area contributed by atoms with E-state index in [2.05, 4.69) is 13.8 Å². The van der Waals surface area contributed by atoms with Crippen LogP contribution in [0.1, 0.15) is 78.1 Å². The van der Waals surface area contributed by atoms with Gasteiger partial charge in [-0.25, -0.2) is 0 Å². The van der Waals surface area contributed by atoms with E-state index in [1.54, 1.807) is 0 Å². The highest BCUT2D eigenvalue weighted by atomic mass is 16.5. The Kier molecular flexibility index (Phi) is 16.6. The van der Waals surface area contributed by atoms with Gasteiger partial charge in [-0.2, -0.15) is 0 Å². The molecule has 0 saturated carbocycles. The summed E-state index contributed by atoms with van der Waals surface area (Å²) in [6.07, 6.45) is 17.1. The van der Waals surface area contributed by atoms with Crippen LogP contribution >= 0.6 is 0 Å². The van der Waals surface area contributed by atoms with Crippen molar-refractivity contribution in [2.75, 3.05) is 13.2 Å². The van der Waals surface area contributed by atoms with Crippen LogP contribution in [0.3, 0.4) is 0 Å². The normalized spacial score (nSPS) is 11.2. The fraction of sp³-hybridized carbons (Fsp3) is 0.700. The van der Waals surface area contributed by atoms with E-state index in [1.807, 2.05) is 24.3 Å².